The quantitative estimate of drug-likeness (QED) is 0.788. The zero-order chi connectivity index (χ0) is 15.4. The molecule has 0 spiro atoms. The van der Waals surface area contributed by atoms with Gasteiger partial charge in [0.25, 0.3) is 0 Å². The number of aliphatic carboxylic acids is 1. The number of rotatable bonds is 6. The number of unbranched alkanes of at least 4 members (excludes halogenated alkanes) is 1. The highest BCUT2D eigenvalue weighted by Gasteiger charge is 2.24. The number of carboxylic acid groups (broad SMARTS) is 1. The summed E-state index contributed by atoms with van der Waals surface area (Å²) in [6, 6.07) is 4.70. The molecule has 0 saturated carbocycles. The number of tetrazole rings is 1. The van der Waals surface area contributed by atoms with E-state index in [1.807, 2.05) is 26.0 Å². The topological polar surface area (TPSA) is 107 Å². The van der Waals surface area contributed by atoms with E-state index in [1.54, 1.807) is 6.07 Å². The van der Waals surface area contributed by atoms with Gasteiger partial charge in [-0.2, -0.15) is 0 Å². The Morgan fingerprint density at radius 2 is 2.24 bits per heavy atom. The van der Waals surface area contributed by atoms with Crippen LogP contribution in [0, 0.1) is 6.92 Å². The molecule has 1 unspecified atom stereocenters. The molecule has 0 aliphatic heterocycles. The van der Waals surface area contributed by atoms with E-state index in [9.17, 15) is 9.90 Å². The Hall–Kier alpha value is -2.44. The summed E-state index contributed by atoms with van der Waals surface area (Å²) in [5, 5.41) is 20.8. The van der Waals surface area contributed by atoms with Gasteiger partial charge in [-0.05, 0) is 35.4 Å². The lowest BCUT2D eigenvalue weighted by atomic mass is 10.1. The number of carbonyl (C=O) groups is 1. The molecular formula is C14H19N5O2. The second kappa shape index (κ2) is 6.34. The van der Waals surface area contributed by atoms with Gasteiger partial charge in [0.2, 0.25) is 0 Å². The molecule has 0 aliphatic rings. The summed E-state index contributed by atoms with van der Waals surface area (Å²) in [4.78, 5) is 11.5. The van der Waals surface area contributed by atoms with Gasteiger partial charge in [0.05, 0.1) is 0 Å². The Kier molecular flexibility index (Phi) is 4.52. The van der Waals surface area contributed by atoms with E-state index in [2.05, 4.69) is 15.5 Å². The van der Waals surface area contributed by atoms with Crippen LogP contribution in [0.1, 0.15) is 37.8 Å². The molecule has 1 atom stereocenters. The molecule has 0 amide bonds. The van der Waals surface area contributed by atoms with Crippen LogP contribution >= 0.6 is 0 Å². The lowest BCUT2D eigenvalue weighted by Crippen LogP contribution is -2.21. The van der Waals surface area contributed by atoms with Gasteiger partial charge in [0.1, 0.15) is 0 Å². The number of benzene rings is 1. The van der Waals surface area contributed by atoms with Gasteiger partial charge < -0.3 is 10.8 Å². The van der Waals surface area contributed by atoms with Gasteiger partial charge in [-0.1, -0.05) is 31.9 Å². The monoisotopic (exact) mass is 289 g/mol. The van der Waals surface area contributed by atoms with E-state index < -0.39 is 12.0 Å². The standard InChI is InChI=1S/C14H19N5O2/c1-3-4-5-12(14(20)21)19-13(16-17-18-19)10-7-6-9(2)11(15)8-10/h6-8,12H,3-5,15H2,1-2H3,(H,20,21). The number of carboxylic acids is 1. The van der Waals surface area contributed by atoms with Gasteiger partial charge in [-0.15, -0.1) is 5.10 Å². The highest BCUT2D eigenvalue weighted by atomic mass is 16.4. The van der Waals surface area contributed by atoms with Crippen LogP contribution in [0.15, 0.2) is 18.2 Å². The van der Waals surface area contributed by atoms with Gasteiger partial charge in [-0.25, -0.2) is 9.48 Å². The smallest absolute Gasteiger partial charge is 0.328 e. The normalized spacial score (nSPS) is 12.3. The molecule has 7 heteroatoms. The largest absolute Gasteiger partial charge is 0.480 e. The average Bonchev–Trinajstić information content (AvgIpc) is 2.91. The molecule has 0 fully saturated rings. The van der Waals surface area contributed by atoms with Crippen molar-refractivity contribution in [1.82, 2.24) is 20.2 Å². The molecule has 1 aromatic carbocycles. The summed E-state index contributed by atoms with van der Waals surface area (Å²) < 4.78 is 1.36. The number of nitrogen functional groups attached to an aromatic ring is 1. The number of nitrogens with two attached hydrogens (primary N) is 1. The second-order valence-electron chi connectivity index (χ2n) is 5.01. The fraction of sp³-hybridized carbons (Fsp3) is 0.429. The molecular weight excluding hydrogens is 270 g/mol. The summed E-state index contributed by atoms with van der Waals surface area (Å²) in [7, 11) is 0. The average molecular weight is 289 g/mol. The third-order valence-electron chi connectivity index (χ3n) is 3.44. The third-order valence-corrected chi connectivity index (χ3v) is 3.44. The second-order valence-corrected chi connectivity index (χ2v) is 5.01. The van der Waals surface area contributed by atoms with Crippen molar-refractivity contribution in [3.63, 3.8) is 0 Å². The molecule has 0 radical (unpaired) electrons. The van der Waals surface area contributed by atoms with Crippen LogP contribution in [0.5, 0.6) is 0 Å². The zero-order valence-electron chi connectivity index (χ0n) is 12.2. The maximum atomic E-state index is 11.5. The summed E-state index contributed by atoms with van der Waals surface area (Å²) in [5.41, 5.74) is 8.20. The number of hydrogen-bond acceptors (Lipinski definition) is 5. The van der Waals surface area contributed by atoms with E-state index >= 15 is 0 Å². The van der Waals surface area contributed by atoms with E-state index in [0.717, 1.165) is 18.4 Å². The van der Waals surface area contributed by atoms with E-state index in [0.29, 0.717) is 23.5 Å². The van der Waals surface area contributed by atoms with Crippen molar-refractivity contribution in [2.24, 2.45) is 0 Å². The third kappa shape index (κ3) is 3.18. The molecule has 0 bridgehead atoms. The Labute approximate surface area is 122 Å². The zero-order valence-corrected chi connectivity index (χ0v) is 12.2. The molecule has 1 aromatic heterocycles. The molecule has 7 nitrogen and oxygen atoms in total. The van der Waals surface area contributed by atoms with Crippen LogP contribution in [0.4, 0.5) is 5.69 Å². The first-order valence-corrected chi connectivity index (χ1v) is 6.91. The molecule has 0 saturated heterocycles. The summed E-state index contributed by atoms with van der Waals surface area (Å²) >= 11 is 0. The predicted molar refractivity (Wildman–Crippen MR) is 78.6 cm³/mol. The van der Waals surface area contributed by atoms with Crippen molar-refractivity contribution in [2.75, 3.05) is 5.73 Å². The highest BCUT2D eigenvalue weighted by Crippen LogP contribution is 2.25. The SMILES string of the molecule is CCCCC(C(=O)O)n1nnnc1-c1ccc(C)c(N)c1. The lowest BCUT2D eigenvalue weighted by molar-refractivity contribution is -0.141. The molecule has 2 aromatic rings. The Balaban J connectivity index is 2.40. The van der Waals surface area contributed by atoms with Crippen LogP contribution in [0.25, 0.3) is 11.4 Å². The number of nitrogens with zero attached hydrogens (tertiary/aromatic N) is 4. The van der Waals surface area contributed by atoms with E-state index in [4.69, 9.17) is 5.73 Å². The minimum atomic E-state index is -0.933. The van der Waals surface area contributed by atoms with Crippen molar-refractivity contribution < 1.29 is 9.90 Å². The number of aromatic nitrogens is 4. The predicted octanol–water partition coefficient (Wildman–Crippen LogP) is 2.05. The Bertz CT molecular complexity index is 638. The highest BCUT2D eigenvalue weighted by molar-refractivity contribution is 5.73. The minimum Gasteiger partial charge on any atom is -0.480 e. The summed E-state index contributed by atoms with van der Waals surface area (Å²) in [5.74, 6) is -0.512. The summed E-state index contributed by atoms with van der Waals surface area (Å²) in [6.45, 7) is 3.92. The maximum Gasteiger partial charge on any atom is 0.328 e. The lowest BCUT2D eigenvalue weighted by Gasteiger charge is -2.14. The van der Waals surface area contributed by atoms with Gasteiger partial charge >= 0.3 is 5.97 Å². The fourth-order valence-corrected chi connectivity index (χ4v) is 2.12. The molecule has 3 N–H and O–H groups in total. The number of hydrogen-bond donors (Lipinski definition) is 2. The minimum absolute atomic E-state index is 0.421. The van der Waals surface area contributed by atoms with Crippen molar-refractivity contribution in [1.29, 1.82) is 0 Å². The van der Waals surface area contributed by atoms with Crippen molar-refractivity contribution in [3.05, 3.63) is 23.8 Å². The van der Waals surface area contributed by atoms with E-state index in [1.165, 1.54) is 4.68 Å². The van der Waals surface area contributed by atoms with Crippen LogP contribution in [0.2, 0.25) is 0 Å². The van der Waals surface area contributed by atoms with Gasteiger partial charge in [-0.3, -0.25) is 0 Å². The van der Waals surface area contributed by atoms with E-state index in [-0.39, 0.29) is 0 Å². The van der Waals surface area contributed by atoms with Crippen LogP contribution in [-0.2, 0) is 4.79 Å². The number of anilines is 1. The van der Waals surface area contributed by atoms with Gasteiger partial charge in [0, 0.05) is 11.3 Å². The maximum absolute atomic E-state index is 11.5. The van der Waals surface area contributed by atoms with Crippen LogP contribution in [0.3, 0.4) is 0 Å². The molecule has 2 rings (SSSR count). The van der Waals surface area contributed by atoms with Crippen LogP contribution in [-0.4, -0.2) is 31.3 Å². The molecule has 112 valence electrons. The van der Waals surface area contributed by atoms with Crippen molar-refractivity contribution in [2.45, 2.75) is 39.2 Å². The number of aryl methyl sites for hydroxylation is 1. The summed E-state index contributed by atoms with van der Waals surface area (Å²) in [6.07, 6.45) is 2.20. The van der Waals surface area contributed by atoms with Crippen LogP contribution < -0.4 is 5.73 Å². The van der Waals surface area contributed by atoms with Crippen molar-refractivity contribution >= 4 is 11.7 Å². The first kappa shape index (κ1) is 15.0. The Morgan fingerprint density at radius 3 is 2.86 bits per heavy atom. The Morgan fingerprint density at radius 1 is 1.48 bits per heavy atom. The van der Waals surface area contributed by atoms with Crippen molar-refractivity contribution in [3.8, 4) is 11.4 Å². The first-order valence-electron chi connectivity index (χ1n) is 6.91. The molecule has 1 heterocycles. The fourth-order valence-electron chi connectivity index (χ4n) is 2.12. The van der Waals surface area contributed by atoms with Gasteiger partial charge in [0.15, 0.2) is 11.9 Å². The molecule has 21 heavy (non-hydrogen) atoms. The first-order chi connectivity index (χ1) is 10.0. The molecule has 0 aliphatic carbocycles.